The highest BCUT2D eigenvalue weighted by molar-refractivity contribution is 9.10. The molecule has 0 rings (SSSR count). The number of hydrogen-bond acceptors (Lipinski definition) is 2. The van der Waals surface area contributed by atoms with Crippen LogP contribution in [-0.4, -0.2) is 23.3 Å². The van der Waals surface area contributed by atoms with Crippen LogP contribution in [0.4, 0.5) is 0 Å². The minimum Gasteiger partial charge on any atom is -0.273 e. The number of halogens is 2. The number of nitrogens with one attached hydrogen (secondary N) is 1. The summed E-state index contributed by atoms with van der Waals surface area (Å²) in [6, 6.07) is 0. The molecule has 11 heavy (non-hydrogen) atoms. The van der Waals surface area contributed by atoms with E-state index >= 15 is 0 Å². The largest absolute Gasteiger partial charge is 0.334 e. The fourth-order valence-electron chi connectivity index (χ4n) is 0.425. The van der Waals surface area contributed by atoms with Crippen LogP contribution >= 0.6 is 27.5 Å². The lowest BCUT2D eigenvalue weighted by Crippen LogP contribution is -2.43. The molecule has 1 unspecified atom stereocenters. The van der Waals surface area contributed by atoms with E-state index in [1.54, 1.807) is 6.92 Å². The molecule has 0 spiro atoms. The first-order chi connectivity index (χ1) is 4.83. The second kappa shape index (κ2) is 4.04. The molecule has 0 amide bonds. The average Bonchev–Trinajstić information content (AvgIpc) is 1.84. The van der Waals surface area contributed by atoms with Gasteiger partial charge in [0.25, 0.3) is 0 Å². The molecule has 0 aliphatic carbocycles. The van der Waals surface area contributed by atoms with Gasteiger partial charge in [0.05, 0.1) is 5.88 Å². The van der Waals surface area contributed by atoms with Gasteiger partial charge in [-0.1, -0.05) is 22.9 Å². The van der Waals surface area contributed by atoms with Crippen molar-refractivity contribution in [3.63, 3.8) is 0 Å². The van der Waals surface area contributed by atoms with Crippen LogP contribution in [0, 0.1) is 0 Å². The summed E-state index contributed by atoms with van der Waals surface area (Å²) in [5.41, 5.74) is 0. The third-order valence-electron chi connectivity index (χ3n) is 1.08. The van der Waals surface area contributed by atoms with Crippen LogP contribution in [-0.2, 0) is 10.3 Å². The van der Waals surface area contributed by atoms with Gasteiger partial charge in [-0.05, 0) is 6.42 Å². The molecule has 0 bridgehead atoms. The van der Waals surface area contributed by atoms with Crippen molar-refractivity contribution in [3.8, 4) is 0 Å². The summed E-state index contributed by atoms with van der Waals surface area (Å²) < 4.78 is 30.0. The highest BCUT2D eigenvalue weighted by atomic mass is 79.9. The smallest absolute Gasteiger partial charge is 0.273 e. The Morgan fingerprint density at radius 1 is 1.73 bits per heavy atom. The Balaban J connectivity index is 4.32. The van der Waals surface area contributed by atoms with Crippen molar-refractivity contribution in [1.82, 2.24) is 4.72 Å². The van der Waals surface area contributed by atoms with Crippen molar-refractivity contribution >= 4 is 37.8 Å². The molecule has 7 heteroatoms. The molecule has 0 aromatic heterocycles. The Morgan fingerprint density at radius 2 is 2.18 bits per heavy atom. The van der Waals surface area contributed by atoms with E-state index in [1.807, 2.05) is 4.72 Å². The van der Waals surface area contributed by atoms with Crippen molar-refractivity contribution in [2.45, 2.75) is 17.8 Å². The average molecular weight is 267 g/mol. The van der Waals surface area contributed by atoms with E-state index in [2.05, 4.69) is 15.9 Å². The van der Waals surface area contributed by atoms with Crippen LogP contribution in [0.15, 0.2) is 0 Å². The van der Waals surface area contributed by atoms with E-state index in [0.717, 1.165) is 0 Å². The Bertz CT molecular complexity index is 213. The standard InChI is InChI=1S/C4H9BrClNO3S/c1-2-4(5,3-6)7-11(8,9)10/h7H,2-3H2,1H3,(H,8,9,10). The summed E-state index contributed by atoms with van der Waals surface area (Å²) in [5, 5.41) is 0. The van der Waals surface area contributed by atoms with Gasteiger partial charge in [0, 0.05) is 0 Å². The van der Waals surface area contributed by atoms with Crippen LogP contribution in [0.5, 0.6) is 0 Å². The zero-order valence-corrected chi connectivity index (χ0v) is 9.00. The number of alkyl halides is 2. The van der Waals surface area contributed by atoms with E-state index in [9.17, 15) is 8.42 Å². The predicted octanol–water partition coefficient (Wildman–Crippen LogP) is 1.12. The molecular formula is C4H9BrClNO3S. The van der Waals surface area contributed by atoms with E-state index in [-0.39, 0.29) is 5.88 Å². The van der Waals surface area contributed by atoms with Crippen LogP contribution in [0.3, 0.4) is 0 Å². The summed E-state index contributed by atoms with van der Waals surface area (Å²) in [5.74, 6) is 0.0449. The molecule has 0 heterocycles. The Morgan fingerprint density at radius 3 is 2.27 bits per heavy atom. The molecule has 0 radical (unpaired) electrons. The zero-order chi connectivity index (χ0) is 9.12. The molecular weight excluding hydrogens is 257 g/mol. The van der Waals surface area contributed by atoms with Crippen LogP contribution in [0.2, 0.25) is 0 Å². The maximum absolute atomic E-state index is 10.3. The Labute approximate surface area is 79.3 Å². The van der Waals surface area contributed by atoms with Gasteiger partial charge in [-0.3, -0.25) is 4.55 Å². The molecule has 0 saturated carbocycles. The van der Waals surface area contributed by atoms with E-state index < -0.39 is 14.8 Å². The lowest BCUT2D eigenvalue weighted by molar-refractivity contribution is 0.447. The molecule has 1 atom stereocenters. The van der Waals surface area contributed by atoms with Gasteiger partial charge in [0.2, 0.25) is 0 Å². The highest BCUT2D eigenvalue weighted by Crippen LogP contribution is 2.20. The van der Waals surface area contributed by atoms with Crippen LogP contribution in [0.1, 0.15) is 13.3 Å². The fourth-order valence-corrected chi connectivity index (χ4v) is 2.05. The maximum Gasteiger partial charge on any atom is 0.334 e. The van der Waals surface area contributed by atoms with Gasteiger partial charge in [-0.15, -0.1) is 11.6 Å². The fraction of sp³-hybridized carbons (Fsp3) is 1.00. The van der Waals surface area contributed by atoms with Gasteiger partial charge < -0.3 is 0 Å². The molecule has 0 fully saturated rings. The molecule has 4 nitrogen and oxygen atoms in total. The highest BCUT2D eigenvalue weighted by Gasteiger charge is 2.27. The van der Waals surface area contributed by atoms with Crippen LogP contribution in [0.25, 0.3) is 0 Å². The van der Waals surface area contributed by atoms with E-state index in [0.29, 0.717) is 6.42 Å². The van der Waals surface area contributed by atoms with Gasteiger partial charge in [-0.25, -0.2) is 0 Å². The molecule has 0 aliphatic heterocycles. The van der Waals surface area contributed by atoms with Crippen molar-refractivity contribution in [2.24, 2.45) is 0 Å². The van der Waals surface area contributed by atoms with E-state index in [1.165, 1.54) is 0 Å². The van der Waals surface area contributed by atoms with Crippen molar-refractivity contribution in [3.05, 3.63) is 0 Å². The second-order valence-electron chi connectivity index (χ2n) is 2.03. The summed E-state index contributed by atoms with van der Waals surface area (Å²) in [6.07, 6.45) is 0.441. The van der Waals surface area contributed by atoms with Crippen molar-refractivity contribution in [1.29, 1.82) is 0 Å². The molecule has 0 saturated heterocycles. The minimum absolute atomic E-state index is 0.0449. The third-order valence-corrected chi connectivity index (χ3v) is 3.81. The van der Waals surface area contributed by atoms with Crippen molar-refractivity contribution in [2.75, 3.05) is 5.88 Å². The SMILES string of the molecule is CCC(Br)(CCl)NS(=O)(=O)O. The summed E-state index contributed by atoms with van der Waals surface area (Å²) >= 11 is 8.47. The monoisotopic (exact) mass is 265 g/mol. The van der Waals surface area contributed by atoms with Crippen molar-refractivity contribution < 1.29 is 13.0 Å². The summed E-state index contributed by atoms with van der Waals surface area (Å²) in [7, 11) is -4.19. The lowest BCUT2D eigenvalue weighted by Gasteiger charge is -2.22. The first kappa shape index (κ1) is 11.6. The van der Waals surface area contributed by atoms with Gasteiger partial charge in [-0.2, -0.15) is 13.1 Å². The second-order valence-corrected chi connectivity index (χ2v) is 4.97. The maximum atomic E-state index is 10.3. The van der Waals surface area contributed by atoms with E-state index in [4.69, 9.17) is 16.2 Å². The third kappa shape index (κ3) is 4.97. The number of rotatable bonds is 4. The predicted molar refractivity (Wildman–Crippen MR) is 47.4 cm³/mol. The molecule has 0 aromatic carbocycles. The Kier molecular flexibility index (Phi) is 4.28. The molecule has 2 N–H and O–H groups in total. The minimum atomic E-state index is -4.19. The van der Waals surface area contributed by atoms with Gasteiger partial charge in [0.15, 0.2) is 0 Å². The van der Waals surface area contributed by atoms with Gasteiger partial charge >= 0.3 is 10.3 Å². The molecule has 68 valence electrons. The number of hydrogen-bond donors (Lipinski definition) is 2. The van der Waals surface area contributed by atoms with Gasteiger partial charge in [0.1, 0.15) is 4.45 Å². The normalized spacial score (nSPS) is 17.8. The first-order valence-electron chi connectivity index (χ1n) is 2.84. The summed E-state index contributed by atoms with van der Waals surface area (Å²) in [4.78, 5) is 0. The Hall–Kier alpha value is 0.640. The summed E-state index contributed by atoms with van der Waals surface area (Å²) in [6.45, 7) is 1.73. The lowest BCUT2D eigenvalue weighted by atomic mass is 10.3. The first-order valence-corrected chi connectivity index (χ1v) is 5.61. The quantitative estimate of drug-likeness (QED) is 0.455. The van der Waals surface area contributed by atoms with Crippen LogP contribution < -0.4 is 4.72 Å². The topological polar surface area (TPSA) is 66.4 Å². The molecule has 0 aliphatic rings. The zero-order valence-electron chi connectivity index (χ0n) is 5.84. The molecule has 0 aromatic rings.